The maximum atomic E-state index is 13.2. The maximum absolute atomic E-state index is 13.2. The molecule has 0 saturated heterocycles. The average Bonchev–Trinajstić information content (AvgIpc) is 2.84. The molecule has 0 saturated carbocycles. The highest BCUT2D eigenvalue weighted by Crippen LogP contribution is 2.32. The van der Waals surface area contributed by atoms with E-state index in [1.807, 2.05) is 63.2 Å². The van der Waals surface area contributed by atoms with Crippen LogP contribution in [0.5, 0.6) is 0 Å². The Bertz CT molecular complexity index is 1260. The maximum Gasteiger partial charge on any atom is 0.416 e. The first-order chi connectivity index (χ1) is 16.6. The van der Waals surface area contributed by atoms with E-state index in [1.165, 1.54) is 12.1 Å². The normalized spacial score (nSPS) is 12.4. The molecule has 4 rings (SSSR count). The molecule has 0 aliphatic heterocycles. The highest BCUT2D eigenvalue weighted by molar-refractivity contribution is 6.80. The lowest BCUT2D eigenvalue weighted by Crippen LogP contribution is -2.46. The van der Waals surface area contributed by atoms with Gasteiger partial charge in [-0.05, 0) is 84.3 Å². The van der Waals surface area contributed by atoms with E-state index in [9.17, 15) is 13.2 Å². The molecule has 0 spiro atoms. The van der Waals surface area contributed by atoms with Crippen molar-refractivity contribution in [3.63, 3.8) is 0 Å². The zero-order valence-electron chi connectivity index (χ0n) is 19.6. The first kappa shape index (κ1) is 25.0. The van der Waals surface area contributed by atoms with Crippen LogP contribution < -0.4 is 10.9 Å². The molecule has 0 N–H and O–H groups in total. The van der Waals surface area contributed by atoms with Gasteiger partial charge in [-0.1, -0.05) is 60.1 Å². The monoisotopic (exact) mass is 493 g/mol. The van der Waals surface area contributed by atoms with Crippen LogP contribution in [0.2, 0.25) is 5.02 Å². The van der Waals surface area contributed by atoms with Crippen LogP contribution in [0.1, 0.15) is 39.6 Å². The average molecular weight is 494 g/mol. The van der Waals surface area contributed by atoms with E-state index in [-0.39, 0.29) is 0 Å². The Labute approximate surface area is 208 Å². The molecule has 0 radical (unpaired) electrons. The fraction of sp³-hybridized carbons (Fsp3) is 0.179. The highest BCUT2D eigenvalue weighted by atomic mass is 35.5. The van der Waals surface area contributed by atoms with E-state index < -0.39 is 24.8 Å². The Morgan fingerprint density at radius 1 is 0.800 bits per heavy atom. The molecule has 0 amide bonds. The van der Waals surface area contributed by atoms with Gasteiger partial charge in [0.15, 0.2) is 0 Å². The summed E-state index contributed by atoms with van der Waals surface area (Å²) in [5.74, 6) is 0. The van der Waals surface area contributed by atoms with Gasteiger partial charge in [0.2, 0.25) is 0 Å². The molecule has 1 aromatic heterocycles. The van der Waals surface area contributed by atoms with Crippen LogP contribution in [-0.2, 0) is 10.8 Å². The molecule has 0 aliphatic carbocycles. The molecular weight excluding hydrogens is 470 g/mol. The Kier molecular flexibility index (Phi) is 7.34. The molecular formula is C28H24BClF3NO. The van der Waals surface area contributed by atoms with Crippen LogP contribution in [0, 0.1) is 20.8 Å². The van der Waals surface area contributed by atoms with E-state index in [4.69, 9.17) is 16.3 Å². The molecule has 1 atom stereocenters. The van der Waals surface area contributed by atoms with Crippen LogP contribution in [-0.4, -0.2) is 11.9 Å². The molecule has 7 heteroatoms. The van der Waals surface area contributed by atoms with Crippen LogP contribution in [0.3, 0.4) is 0 Å². The predicted molar refractivity (Wildman–Crippen MR) is 136 cm³/mol. The topological polar surface area (TPSA) is 22.1 Å². The van der Waals surface area contributed by atoms with Crippen molar-refractivity contribution >= 4 is 29.4 Å². The summed E-state index contributed by atoms with van der Waals surface area (Å²) in [6.07, 6.45) is -3.48. The highest BCUT2D eigenvalue weighted by Gasteiger charge is 2.32. The smallest absolute Gasteiger partial charge is 0.414 e. The minimum atomic E-state index is -4.42. The molecule has 3 aromatic carbocycles. The van der Waals surface area contributed by atoms with Crippen molar-refractivity contribution in [3.8, 4) is 0 Å². The van der Waals surface area contributed by atoms with Gasteiger partial charge in [-0.2, -0.15) is 13.2 Å². The molecule has 4 aromatic rings. The van der Waals surface area contributed by atoms with E-state index in [2.05, 4.69) is 11.1 Å². The van der Waals surface area contributed by atoms with Gasteiger partial charge in [-0.3, -0.25) is 4.98 Å². The SMILES string of the molecule is Cc1ccc(B(OC(c2ccc(C(F)(F)F)cc2)c2ccccn2)c2ccc(C)c(Cl)c2)cc1C. The minimum Gasteiger partial charge on any atom is -0.414 e. The summed E-state index contributed by atoms with van der Waals surface area (Å²) in [6.45, 7) is 5.47. The van der Waals surface area contributed by atoms with E-state index in [0.29, 0.717) is 16.3 Å². The number of pyridine rings is 1. The predicted octanol–water partition coefficient (Wildman–Crippen LogP) is 6.59. The fourth-order valence-corrected chi connectivity index (χ4v) is 4.07. The van der Waals surface area contributed by atoms with Crippen LogP contribution in [0.15, 0.2) is 85.1 Å². The number of aromatic nitrogens is 1. The summed E-state index contributed by atoms with van der Waals surface area (Å²) in [5, 5.41) is 0.615. The summed E-state index contributed by atoms with van der Waals surface area (Å²) in [6, 6.07) is 22.3. The Balaban J connectivity index is 1.82. The Hall–Kier alpha value is -3.09. The third-order valence-electron chi connectivity index (χ3n) is 6.10. The van der Waals surface area contributed by atoms with Gasteiger partial charge >= 0.3 is 13.1 Å². The summed E-state index contributed by atoms with van der Waals surface area (Å²) in [4.78, 5) is 4.46. The van der Waals surface area contributed by atoms with E-state index in [1.54, 1.807) is 12.3 Å². The summed E-state index contributed by atoms with van der Waals surface area (Å²) in [5.41, 5.74) is 5.42. The van der Waals surface area contributed by atoms with E-state index >= 15 is 0 Å². The van der Waals surface area contributed by atoms with Crippen molar-refractivity contribution in [1.29, 1.82) is 0 Å². The van der Waals surface area contributed by atoms with Crippen LogP contribution >= 0.6 is 11.6 Å². The number of nitrogens with zero attached hydrogens (tertiary/aromatic N) is 1. The lowest BCUT2D eigenvalue weighted by molar-refractivity contribution is -0.137. The third kappa shape index (κ3) is 5.77. The minimum absolute atomic E-state index is 0.526. The van der Waals surface area contributed by atoms with Gasteiger partial charge < -0.3 is 4.65 Å². The number of halogens is 4. The van der Waals surface area contributed by atoms with E-state index in [0.717, 1.165) is 39.7 Å². The number of hydrogen-bond donors (Lipinski definition) is 0. The van der Waals surface area contributed by atoms with Crippen LogP contribution in [0.4, 0.5) is 13.2 Å². The lowest BCUT2D eigenvalue weighted by Gasteiger charge is -2.25. The van der Waals surface area contributed by atoms with Gasteiger partial charge in [0.1, 0.15) is 6.10 Å². The largest absolute Gasteiger partial charge is 0.416 e. The second-order valence-electron chi connectivity index (χ2n) is 8.62. The number of alkyl halides is 3. The van der Waals surface area contributed by atoms with Crippen molar-refractivity contribution in [2.75, 3.05) is 0 Å². The first-order valence-electron chi connectivity index (χ1n) is 11.2. The van der Waals surface area contributed by atoms with Crippen molar-refractivity contribution in [3.05, 3.63) is 124 Å². The Morgan fingerprint density at radius 3 is 2.03 bits per heavy atom. The zero-order chi connectivity index (χ0) is 25.2. The fourth-order valence-electron chi connectivity index (χ4n) is 3.88. The van der Waals surface area contributed by atoms with Crippen molar-refractivity contribution in [1.82, 2.24) is 4.98 Å². The Morgan fingerprint density at radius 2 is 1.46 bits per heavy atom. The zero-order valence-corrected chi connectivity index (χ0v) is 20.4. The summed E-state index contributed by atoms with van der Waals surface area (Å²) in [7, 11) is 0. The number of aryl methyl sites for hydroxylation is 3. The van der Waals surface area contributed by atoms with Gasteiger partial charge in [-0.15, -0.1) is 0 Å². The second kappa shape index (κ2) is 10.3. The van der Waals surface area contributed by atoms with Crippen molar-refractivity contribution in [2.24, 2.45) is 0 Å². The molecule has 1 heterocycles. The number of benzene rings is 3. The number of hydrogen-bond acceptors (Lipinski definition) is 2. The number of rotatable bonds is 6. The van der Waals surface area contributed by atoms with Crippen molar-refractivity contribution in [2.45, 2.75) is 33.1 Å². The standard InChI is InChI=1S/C28H24BClF3NO/c1-18-7-13-23(16-20(18)3)29(24-14-8-19(2)25(30)17-24)35-27(26-6-4-5-15-34-26)21-9-11-22(12-10-21)28(31,32)33/h4-17,27H,1-3H3. The molecule has 2 nitrogen and oxygen atoms in total. The molecule has 0 bridgehead atoms. The first-order valence-corrected chi connectivity index (χ1v) is 11.6. The summed E-state index contributed by atoms with van der Waals surface area (Å²) >= 11 is 6.46. The molecule has 35 heavy (non-hydrogen) atoms. The van der Waals surface area contributed by atoms with Gasteiger partial charge in [0.05, 0.1) is 11.3 Å². The molecule has 1 unspecified atom stereocenters. The molecule has 0 aliphatic rings. The quantitative estimate of drug-likeness (QED) is 0.283. The lowest BCUT2D eigenvalue weighted by atomic mass is 9.54. The molecule has 178 valence electrons. The van der Waals surface area contributed by atoms with Crippen molar-refractivity contribution < 1.29 is 17.8 Å². The molecule has 0 fully saturated rings. The second-order valence-corrected chi connectivity index (χ2v) is 9.03. The van der Waals surface area contributed by atoms with Gasteiger partial charge in [0.25, 0.3) is 0 Å². The van der Waals surface area contributed by atoms with Crippen LogP contribution in [0.25, 0.3) is 0 Å². The summed E-state index contributed by atoms with van der Waals surface area (Å²) < 4.78 is 46.3. The third-order valence-corrected chi connectivity index (χ3v) is 6.51. The van der Waals surface area contributed by atoms with Gasteiger partial charge in [-0.25, -0.2) is 0 Å². The van der Waals surface area contributed by atoms with Gasteiger partial charge in [0, 0.05) is 11.2 Å².